The summed E-state index contributed by atoms with van der Waals surface area (Å²) >= 11 is 0. The number of carbonyl (C=O) groups is 2. The summed E-state index contributed by atoms with van der Waals surface area (Å²) in [5, 5.41) is 11.0. The van der Waals surface area contributed by atoms with Gasteiger partial charge in [0.2, 0.25) is 5.91 Å². The minimum absolute atomic E-state index is 0.0922. The number of methoxy groups -OCH3 is 1. The molecule has 1 aliphatic heterocycles. The molecule has 0 aromatic heterocycles. The van der Waals surface area contributed by atoms with E-state index in [0.29, 0.717) is 0 Å². The number of rotatable bonds is 5. The molecule has 1 saturated heterocycles. The van der Waals surface area contributed by atoms with E-state index >= 15 is 0 Å². The molecule has 2 N–H and O–H groups in total. The fourth-order valence-electron chi connectivity index (χ4n) is 1.85. The molecule has 0 aromatic carbocycles. The third-order valence-electron chi connectivity index (χ3n) is 2.86. The predicted molar refractivity (Wildman–Crippen MR) is 61.3 cm³/mol. The van der Waals surface area contributed by atoms with Crippen LogP contribution in [0.2, 0.25) is 0 Å². The molecule has 0 aliphatic carbocycles. The Morgan fingerprint density at radius 3 is 2.53 bits per heavy atom. The predicted octanol–water partition coefficient (Wildman–Crippen LogP) is -0.878. The maximum Gasteiger partial charge on any atom is 0.253 e. The van der Waals surface area contributed by atoms with Gasteiger partial charge in [-0.15, -0.1) is 0 Å². The Balaban J connectivity index is 2.42. The van der Waals surface area contributed by atoms with E-state index in [1.807, 2.05) is 0 Å². The molecule has 1 atom stereocenters. The van der Waals surface area contributed by atoms with E-state index in [0.717, 1.165) is 32.4 Å². The number of ether oxygens (including phenoxy) is 1. The van der Waals surface area contributed by atoms with Crippen LogP contribution in [0.25, 0.3) is 0 Å². The largest absolute Gasteiger partial charge is 0.387 e. The van der Waals surface area contributed by atoms with Gasteiger partial charge in [-0.2, -0.15) is 0 Å². The topological polar surface area (TPSA) is 78.9 Å². The second kappa shape index (κ2) is 7.24. The molecule has 0 spiro atoms. The van der Waals surface area contributed by atoms with Crippen LogP contribution in [0.5, 0.6) is 0 Å². The zero-order chi connectivity index (χ0) is 12.7. The number of nitrogens with one attached hydrogen (secondary N) is 1. The van der Waals surface area contributed by atoms with Gasteiger partial charge in [-0.1, -0.05) is 0 Å². The van der Waals surface area contributed by atoms with Crippen LogP contribution in [-0.2, 0) is 14.3 Å². The number of aliphatic hydroxyl groups excluding tert-OH is 1. The first-order chi connectivity index (χ1) is 8.19. The SMILES string of the molecule is COC(CNC(=O)CO)C(=O)N1CCCCC1. The minimum atomic E-state index is -0.663. The van der Waals surface area contributed by atoms with E-state index in [2.05, 4.69) is 5.32 Å². The van der Waals surface area contributed by atoms with Crippen LogP contribution in [0.3, 0.4) is 0 Å². The molecule has 1 aliphatic rings. The van der Waals surface area contributed by atoms with Crippen molar-refractivity contribution in [3.05, 3.63) is 0 Å². The number of carbonyl (C=O) groups excluding carboxylic acids is 2. The Morgan fingerprint density at radius 1 is 1.35 bits per heavy atom. The number of aliphatic hydroxyl groups is 1. The molecule has 1 fully saturated rings. The summed E-state index contributed by atoms with van der Waals surface area (Å²) in [5.74, 6) is -0.594. The lowest BCUT2D eigenvalue weighted by Crippen LogP contribution is -2.47. The first-order valence-corrected chi connectivity index (χ1v) is 5.88. The van der Waals surface area contributed by atoms with Gasteiger partial charge in [-0.05, 0) is 19.3 Å². The molecular formula is C11H20N2O4. The van der Waals surface area contributed by atoms with Gasteiger partial charge in [0.15, 0.2) is 6.10 Å². The smallest absolute Gasteiger partial charge is 0.253 e. The van der Waals surface area contributed by atoms with Crippen molar-refractivity contribution >= 4 is 11.8 Å². The van der Waals surface area contributed by atoms with E-state index in [1.165, 1.54) is 7.11 Å². The average molecular weight is 244 g/mol. The number of piperidine rings is 1. The van der Waals surface area contributed by atoms with Crippen LogP contribution in [0, 0.1) is 0 Å². The molecule has 0 saturated carbocycles. The van der Waals surface area contributed by atoms with Crippen LogP contribution < -0.4 is 5.32 Å². The Bertz CT molecular complexity index is 264. The molecule has 0 bridgehead atoms. The van der Waals surface area contributed by atoms with Crippen molar-refractivity contribution in [3.63, 3.8) is 0 Å². The molecule has 98 valence electrons. The van der Waals surface area contributed by atoms with Crippen molar-refractivity contribution < 1.29 is 19.4 Å². The number of amides is 2. The first-order valence-electron chi connectivity index (χ1n) is 5.88. The summed E-state index contributed by atoms with van der Waals surface area (Å²) in [5.41, 5.74) is 0. The first kappa shape index (κ1) is 13.9. The van der Waals surface area contributed by atoms with E-state index in [-0.39, 0.29) is 12.5 Å². The molecule has 0 radical (unpaired) electrons. The van der Waals surface area contributed by atoms with Crippen LogP contribution in [0.4, 0.5) is 0 Å². The maximum atomic E-state index is 12.0. The summed E-state index contributed by atoms with van der Waals surface area (Å²) in [6.07, 6.45) is 2.53. The zero-order valence-electron chi connectivity index (χ0n) is 10.1. The molecule has 2 amide bonds. The Kier molecular flexibility index (Phi) is 5.93. The Labute approximate surface area is 101 Å². The zero-order valence-corrected chi connectivity index (χ0v) is 10.1. The lowest BCUT2D eigenvalue weighted by molar-refractivity contribution is -0.143. The highest BCUT2D eigenvalue weighted by molar-refractivity contribution is 5.83. The number of hydrogen-bond donors (Lipinski definition) is 2. The molecular weight excluding hydrogens is 224 g/mol. The number of nitrogens with zero attached hydrogens (tertiary/aromatic N) is 1. The fraction of sp³-hybridized carbons (Fsp3) is 0.818. The molecule has 1 unspecified atom stereocenters. The van der Waals surface area contributed by atoms with Crippen LogP contribution in [0.1, 0.15) is 19.3 Å². The summed E-state index contributed by atoms with van der Waals surface area (Å²) in [6.45, 7) is 1.04. The van der Waals surface area contributed by atoms with Crippen molar-refractivity contribution in [1.82, 2.24) is 10.2 Å². The van der Waals surface area contributed by atoms with Gasteiger partial charge in [0, 0.05) is 20.2 Å². The molecule has 6 heteroatoms. The number of hydrogen-bond acceptors (Lipinski definition) is 4. The molecule has 1 heterocycles. The Morgan fingerprint density at radius 2 is 2.00 bits per heavy atom. The Hall–Kier alpha value is -1.14. The van der Waals surface area contributed by atoms with Gasteiger partial charge in [-0.25, -0.2) is 0 Å². The summed E-state index contributed by atoms with van der Waals surface area (Å²) < 4.78 is 5.07. The normalized spacial score (nSPS) is 17.6. The van der Waals surface area contributed by atoms with E-state index in [1.54, 1.807) is 4.90 Å². The molecule has 1 rings (SSSR count). The van der Waals surface area contributed by atoms with Crippen molar-refractivity contribution in [2.75, 3.05) is 33.4 Å². The van der Waals surface area contributed by atoms with Crippen molar-refractivity contribution in [2.24, 2.45) is 0 Å². The highest BCUT2D eigenvalue weighted by atomic mass is 16.5. The highest BCUT2D eigenvalue weighted by Crippen LogP contribution is 2.10. The monoisotopic (exact) mass is 244 g/mol. The molecule has 6 nitrogen and oxygen atoms in total. The number of likely N-dealkylation sites (tertiary alicyclic amines) is 1. The quantitative estimate of drug-likeness (QED) is 0.658. The van der Waals surface area contributed by atoms with Crippen molar-refractivity contribution in [3.8, 4) is 0 Å². The second-order valence-corrected chi connectivity index (χ2v) is 4.07. The molecule has 17 heavy (non-hydrogen) atoms. The van der Waals surface area contributed by atoms with E-state index < -0.39 is 18.6 Å². The van der Waals surface area contributed by atoms with Gasteiger partial charge < -0.3 is 20.1 Å². The minimum Gasteiger partial charge on any atom is -0.387 e. The van der Waals surface area contributed by atoms with Crippen LogP contribution in [0.15, 0.2) is 0 Å². The fourth-order valence-corrected chi connectivity index (χ4v) is 1.85. The highest BCUT2D eigenvalue weighted by Gasteiger charge is 2.25. The van der Waals surface area contributed by atoms with E-state index in [9.17, 15) is 9.59 Å². The lowest BCUT2D eigenvalue weighted by Gasteiger charge is -2.29. The van der Waals surface area contributed by atoms with Crippen molar-refractivity contribution in [2.45, 2.75) is 25.4 Å². The van der Waals surface area contributed by atoms with Crippen molar-refractivity contribution in [1.29, 1.82) is 0 Å². The third-order valence-corrected chi connectivity index (χ3v) is 2.86. The van der Waals surface area contributed by atoms with Gasteiger partial charge in [0.05, 0.1) is 6.54 Å². The maximum absolute atomic E-state index is 12.0. The van der Waals surface area contributed by atoms with E-state index in [4.69, 9.17) is 9.84 Å². The standard InChI is InChI=1S/C11H20N2O4/c1-17-9(7-12-10(15)8-14)11(16)13-5-3-2-4-6-13/h9,14H,2-8H2,1H3,(H,12,15). The average Bonchev–Trinajstić information content (AvgIpc) is 2.39. The van der Waals surface area contributed by atoms with Gasteiger partial charge >= 0.3 is 0 Å². The van der Waals surface area contributed by atoms with Gasteiger partial charge in [-0.3, -0.25) is 9.59 Å². The van der Waals surface area contributed by atoms with Gasteiger partial charge in [0.25, 0.3) is 5.91 Å². The third kappa shape index (κ3) is 4.32. The van der Waals surface area contributed by atoms with Crippen LogP contribution >= 0.6 is 0 Å². The lowest BCUT2D eigenvalue weighted by atomic mass is 10.1. The van der Waals surface area contributed by atoms with Gasteiger partial charge in [0.1, 0.15) is 6.61 Å². The summed E-state index contributed by atoms with van der Waals surface area (Å²) in [7, 11) is 1.44. The molecule has 0 aromatic rings. The second-order valence-electron chi connectivity index (χ2n) is 4.07. The summed E-state index contributed by atoms with van der Waals surface area (Å²) in [6, 6.07) is 0. The van der Waals surface area contributed by atoms with Crippen LogP contribution in [-0.4, -0.2) is 61.3 Å². The summed E-state index contributed by atoms with van der Waals surface area (Å²) in [4.78, 5) is 24.7.